The summed E-state index contributed by atoms with van der Waals surface area (Å²) in [7, 11) is 0. The minimum absolute atomic E-state index is 0.177. The molecular weight excluding hydrogens is 243 g/mol. The molecule has 1 aromatic carbocycles. The largest absolute Gasteiger partial charge is 0.435 e. The highest BCUT2D eigenvalue weighted by atomic mass is 19.3. The lowest BCUT2D eigenvalue weighted by Gasteiger charge is -2.32. The molecule has 0 saturated heterocycles. The van der Waals surface area contributed by atoms with Gasteiger partial charge in [0.1, 0.15) is 11.6 Å². The molecule has 0 unspecified atom stereocenters. The van der Waals surface area contributed by atoms with Crippen LogP contribution in [0.4, 0.5) is 13.2 Å². The second kappa shape index (κ2) is 4.16. The van der Waals surface area contributed by atoms with Crippen molar-refractivity contribution < 1.29 is 17.9 Å². The lowest BCUT2D eigenvalue weighted by molar-refractivity contribution is -0.0500. The van der Waals surface area contributed by atoms with Gasteiger partial charge in [0.25, 0.3) is 0 Å². The van der Waals surface area contributed by atoms with E-state index in [0.717, 1.165) is 18.9 Å². The molecule has 5 heteroatoms. The maximum absolute atomic E-state index is 14.0. The summed E-state index contributed by atoms with van der Waals surface area (Å²) in [6, 6.07) is 3.80. The van der Waals surface area contributed by atoms with E-state index in [2.05, 4.69) is 4.74 Å². The SMILES string of the molecule is CC(C)(c1ccc(OC(F)F)cc1F)C1(N)CC1. The summed E-state index contributed by atoms with van der Waals surface area (Å²) < 4.78 is 42.2. The standard InChI is InChI=1S/C13H16F3NO/c1-12(2,13(17)5-6-13)9-4-3-8(7-10(9)14)18-11(15)16/h3-4,7,11H,5-6,17H2,1-2H3. The summed E-state index contributed by atoms with van der Waals surface area (Å²) in [5.74, 6) is -0.737. The van der Waals surface area contributed by atoms with E-state index in [1.54, 1.807) is 0 Å². The summed E-state index contributed by atoms with van der Waals surface area (Å²) in [6.45, 7) is 0.783. The summed E-state index contributed by atoms with van der Waals surface area (Å²) >= 11 is 0. The molecule has 0 amide bonds. The van der Waals surface area contributed by atoms with Crippen molar-refractivity contribution in [2.45, 2.75) is 44.3 Å². The van der Waals surface area contributed by atoms with Gasteiger partial charge in [-0.3, -0.25) is 0 Å². The maximum Gasteiger partial charge on any atom is 0.387 e. The van der Waals surface area contributed by atoms with Gasteiger partial charge in [-0.05, 0) is 24.5 Å². The van der Waals surface area contributed by atoms with Crippen molar-refractivity contribution >= 4 is 0 Å². The Morgan fingerprint density at radius 2 is 1.94 bits per heavy atom. The zero-order valence-corrected chi connectivity index (χ0v) is 10.3. The summed E-state index contributed by atoms with van der Waals surface area (Å²) in [6.07, 6.45) is 1.68. The Morgan fingerprint density at radius 3 is 2.39 bits per heavy atom. The van der Waals surface area contributed by atoms with Gasteiger partial charge in [0.15, 0.2) is 0 Å². The number of hydrogen-bond donors (Lipinski definition) is 1. The fraction of sp³-hybridized carbons (Fsp3) is 0.538. The summed E-state index contributed by atoms with van der Waals surface area (Å²) in [5, 5.41) is 0. The van der Waals surface area contributed by atoms with E-state index in [9.17, 15) is 13.2 Å². The molecular formula is C13H16F3NO. The predicted molar refractivity (Wildman–Crippen MR) is 62.2 cm³/mol. The molecule has 1 aliphatic rings. The van der Waals surface area contributed by atoms with Gasteiger partial charge in [-0.25, -0.2) is 4.39 Å². The predicted octanol–water partition coefficient (Wildman–Crippen LogP) is 3.20. The third kappa shape index (κ3) is 2.19. The Hall–Kier alpha value is -1.23. The minimum Gasteiger partial charge on any atom is -0.435 e. The van der Waals surface area contributed by atoms with E-state index in [4.69, 9.17) is 5.73 Å². The van der Waals surface area contributed by atoms with E-state index >= 15 is 0 Å². The first-order valence-corrected chi connectivity index (χ1v) is 5.80. The molecule has 1 aliphatic carbocycles. The highest BCUT2D eigenvalue weighted by Gasteiger charge is 2.52. The minimum atomic E-state index is -2.95. The molecule has 2 rings (SSSR count). The molecule has 2 N–H and O–H groups in total. The van der Waals surface area contributed by atoms with Crippen LogP contribution in [-0.2, 0) is 5.41 Å². The van der Waals surface area contributed by atoms with E-state index in [1.807, 2.05) is 13.8 Å². The first-order chi connectivity index (χ1) is 8.26. The van der Waals surface area contributed by atoms with Crippen molar-refractivity contribution in [3.8, 4) is 5.75 Å². The quantitative estimate of drug-likeness (QED) is 0.901. The molecule has 1 fully saturated rings. The number of benzene rings is 1. The van der Waals surface area contributed by atoms with Gasteiger partial charge in [-0.15, -0.1) is 0 Å². The van der Waals surface area contributed by atoms with Crippen LogP contribution in [0.3, 0.4) is 0 Å². The van der Waals surface area contributed by atoms with Crippen molar-refractivity contribution in [3.63, 3.8) is 0 Å². The van der Waals surface area contributed by atoms with Crippen molar-refractivity contribution in [1.29, 1.82) is 0 Å². The van der Waals surface area contributed by atoms with Gasteiger partial charge >= 0.3 is 6.61 Å². The number of nitrogens with two attached hydrogens (primary N) is 1. The molecule has 0 radical (unpaired) electrons. The van der Waals surface area contributed by atoms with Crippen LogP contribution in [0.1, 0.15) is 32.3 Å². The number of hydrogen-bond acceptors (Lipinski definition) is 2. The zero-order valence-electron chi connectivity index (χ0n) is 10.3. The van der Waals surface area contributed by atoms with Crippen molar-refractivity contribution in [2.24, 2.45) is 5.73 Å². The van der Waals surface area contributed by atoms with Crippen molar-refractivity contribution in [2.75, 3.05) is 0 Å². The first kappa shape index (κ1) is 13.2. The fourth-order valence-electron chi connectivity index (χ4n) is 2.21. The van der Waals surface area contributed by atoms with E-state index in [0.29, 0.717) is 5.56 Å². The van der Waals surface area contributed by atoms with Gasteiger partial charge < -0.3 is 10.5 Å². The van der Waals surface area contributed by atoms with Gasteiger partial charge in [0.2, 0.25) is 0 Å². The third-order valence-electron chi connectivity index (χ3n) is 3.87. The fourth-order valence-corrected chi connectivity index (χ4v) is 2.21. The Balaban J connectivity index is 2.30. The molecule has 0 heterocycles. The smallest absolute Gasteiger partial charge is 0.387 e. The van der Waals surface area contributed by atoms with Gasteiger partial charge in [-0.2, -0.15) is 8.78 Å². The normalized spacial score (nSPS) is 17.9. The molecule has 100 valence electrons. The second-order valence-corrected chi connectivity index (χ2v) is 5.30. The molecule has 0 aliphatic heterocycles. The Morgan fingerprint density at radius 1 is 1.33 bits per heavy atom. The number of alkyl halides is 2. The van der Waals surface area contributed by atoms with Crippen LogP contribution in [-0.4, -0.2) is 12.2 Å². The van der Waals surface area contributed by atoms with Crippen LogP contribution in [0.5, 0.6) is 5.75 Å². The number of ether oxygens (including phenoxy) is 1. The zero-order chi connectivity index (χ0) is 13.6. The molecule has 1 saturated carbocycles. The van der Waals surface area contributed by atoms with E-state index in [1.165, 1.54) is 12.1 Å². The molecule has 1 aromatic rings. The topological polar surface area (TPSA) is 35.2 Å². The van der Waals surface area contributed by atoms with Crippen LogP contribution >= 0.6 is 0 Å². The number of halogens is 3. The Labute approximate surface area is 104 Å². The van der Waals surface area contributed by atoms with E-state index < -0.39 is 23.4 Å². The van der Waals surface area contributed by atoms with Gasteiger partial charge in [-0.1, -0.05) is 19.9 Å². The van der Waals surface area contributed by atoms with Crippen molar-refractivity contribution in [1.82, 2.24) is 0 Å². The Kier molecular flexibility index (Phi) is 3.05. The van der Waals surface area contributed by atoms with Crippen molar-refractivity contribution in [3.05, 3.63) is 29.6 Å². The van der Waals surface area contributed by atoms with Gasteiger partial charge in [0, 0.05) is 17.0 Å². The van der Waals surface area contributed by atoms with Crippen LogP contribution in [0, 0.1) is 5.82 Å². The van der Waals surface area contributed by atoms with Crippen LogP contribution in [0.15, 0.2) is 18.2 Å². The molecule has 0 aromatic heterocycles. The molecule has 0 spiro atoms. The molecule has 2 nitrogen and oxygen atoms in total. The van der Waals surface area contributed by atoms with Crippen LogP contribution in [0.25, 0.3) is 0 Å². The van der Waals surface area contributed by atoms with E-state index in [-0.39, 0.29) is 5.75 Å². The highest BCUT2D eigenvalue weighted by molar-refractivity contribution is 5.38. The Bertz CT molecular complexity index is 456. The molecule has 0 bridgehead atoms. The second-order valence-electron chi connectivity index (χ2n) is 5.30. The monoisotopic (exact) mass is 259 g/mol. The summed E-state index contributed by atoms with van der Waals surface area (Å²) in [5.41, 5.74) is 5.63. The lowest BCUT2D eigenvalue weighted by atomic mass is 9.76. The third-order valence-corrected chi connectivity index (χ3v) is 3.87. The molecule has 0 atom stereocenters. The molecule has 18 heavy (non-hydrogen) atoms. The lowest BCUT2D eigenvalue weighted by Crippen LogP contribution is -2.43. The van der Waals surface area contributed by atoms with Crippen LogP contribution in [0.2, 0.25) is 0 Å². The highest BCUT2D eigenvalue weighted by Crippen LogP contribution is 2.49. The maximum atomic E-state index is 14.0. The van der Waals surface area contributed by atoms with Gasteiger partial charge in [0.05, 0.1) is 0 Å². The summed E-state index contributed by atoms with van der Waals surface area (Å²) in [4.78, 5) is 0. The average Bonchev–Trinajstić information content (AvgIpc) is 2.96. The first-order valence-electron chi connectivity index (χ1n) is 5.80. The average molecular weight is 259 g/mol. The van der Waals surface area contributed by atoms with Crippen LogP contribution < -0.4 is 10.5 Å². The number of rotatable bonds is 4.